The van der Waals surface area contributed by atoms with Crippen LogP contribution in [0.25, 0.3) is 6.08 Å². The second kappa shape index (κ2) is 6.72. The molecule has 112 valence electrons. The Hall–Kier alpha value is -1.87. The molecule has 2 atom stereocenters. The first-order valence-corrected chi connectivity index (χ1v) is 7.36. The molecule has 1 aromatic rings. The molecule has 2 rings (SSSR count). The summed E-state index contributed by atoms with van der Waals surface area (Å²) in [7, 11) is 0. The van der Waals surface area contributed by atoms with Gasteiger partial charge in [0.15, 0.2) is 0 Å². The zero-order valence-electron chi connectivity index (χ0n) is 12.5. The van der Waals surface area contributed by atoms with Crippen molar-refractivity contribution < 1.29 is 15.0 Å². The van der Waals surface area contributed by atoms with E-state index in [-0.39, 0.29) is 6.61 Å². The zero-order valence-corrected chi connectivity index (χ0v) is 12.5. The zero-order chi connectivity index (χ0) is 15.4. The summed E-state index contributed by atoms with van der Waals surface area (Å²) >= 11 is 0. The highest BCUT2D eigenvalue weighted by molar-refractivity contribution is 5.80. The minimum absolute atomic E-state index is 0.00211. The van der Waals surface area contributed by atoms with Gasteiger partial charge in [0.2, 0.25) is 0 Å². The summed E-state index contributed by atoms with van der Waals surface area (Å²) in [6, 6.07) is 4.10. The van der Waals surface area contributed by atoms with E-state index in [9.17, 15) is 9.90 Å². The second-order valence-corrected chi connectivity index (χ2v) is 5.87. The van der Waals surface area contributed by atoms with Gasteiger partial charge >= 0.3 is 5.97 Å². The number of carbonyl (C=O) groups is 1. The van der Waals surface area contributed by atoms with E-state index >= 15 is 0 Å². The second-order valence-electron chi connectivity index (χ2n) is 5.87. The van der Waals surface area contributed by atoms with Crippen LogP contribution >= 0.6 is 0 Å². The molecule has 3 heteroatoms. The third-order valence-electron chi connectivity index (χ3n) is 4.07. The Kier molecular flexibility index (Phi) is 4.97. The van der Waals surface area contributed by atoms with Crippen LogP contribution in [0.3, 0.4) is 0 Å². The van der Waals surface area contributed by atoms with E-state index < -0.39 is 5.97 Å². The Morgan fingerprint density at radius 2 is 2.10 bits per heavy atom. The number of aliphatic carboxylic acids is 1. The summed E-state index contributed by atoms with van der Waals surface area (Å²) in [6.45, 7) is 4.49. The van der Waals surface area contributed by atoms with Crippen LogP contribution in [0.2, 0.25) is 0 Å². The molecule has 1 aliphatic carbocycles. The fourth-order valence-corrected chi connectivity index (χ4v) is 3.29. The molecule has 0 aromatic heterocycles. The third-order valence-corrected chi connectivity index (χ3v) is 4.07. The first kappa shape index (κ1) is 15.5. The summed E-state index contributed by atoms with van der Waals surface area (Å²) in [5.41, 5.74) is 4.60. The maximum atomic E-state index is 10.5. The number of carboxylic acids is 1. The number of fused-ring (bicyclic) bond motifs is 1. The lowest BCUT2D eigenvalue weighted by Crippen LogP contribution is -2.17. The molecule has 0 radical (unpaired) electrons. The van der Waals surface area contributed by atoms with Crippen molar-refractivity contribution in [3.8, 4) is 0 Å². The third kappa shape index (κ3) is 3.61. The van der Waals surface area contributed by atoms with Gasteiger partial charge in [-0.05, 0) is 46.9 Å². The molecule has 0 spiro atoms. The highest BCUT2D eigenvalue weighted by atomic mass is 16.4. The summed E-state index contributed by atoms with van der Waals surface area (Å²) in [4.78, 5) is 10.5. The van der Waals surface area contributed by atoms with Gasteiger partial charge < -0.3 is 10.2 Å². The predicted molar refractivity (Wildman–Crippen MR) is 84.1 cm³/mol. The van der Waals surface area contributed by atoms with Gasteiger partial charge in [0.05, 0.1) is 6.61 Å². The molecule has 0 aliphatic heterocycles. The number of hydrogen-bond donors (Lipinski definition) is 2. The first-order valence-electron chi connectivity index (χ1n) is 7.36. The molecule has 3 nitrogen and oxygen atoms in total. The highest BCUT2D eigenvalue weighted by Crippen LogP contribution is 2.38. The largest absolute Gasteiger partial charge is 0.478 e. The van der Waals surface area contributed by atoms with Crippen LogP contribution in [0.15, 0.2) is 30.4 Å². The Morgan fingerprint density at radius 3 is 2.76 bits per heavy atom. The fraction of sp³-hybridized carbons (Fsp3) is 0.389. The van der Waals surface area contributed by atoms with Crippen LogP contribution < -0.4 is 0 Å². The van der Waals surface area contributed by atoms with Crippen molar-refractivity contribution in [1.82, 2.24) is 0 Å². The van der Waals surface area contributed by atoms with Gasteiger partial charge in [-0.3, -0.25) is 0 Å². The molecule has 0 fully saturated rings. The first-order chi connectivity index (χ1) is 10.0. The number of aliphatic hydroxyl groups is 1. The topological polar surface area (TPSA) is 57.5 Å². The van der Waals surface area contributed by atoms with Crippen LogP contribution in [0.5, 0.6) is 0 Å². The molecule has 21 heavy (non-hydrogen) atoms. The highest BCUT2D eigenvalue weighted by Gasteiger charge is 2.24. The minimum atomic E-state index is -0.959. The average molecular weight is 286 g/mol. The van der Waals surface area contributed by atoms with E-state index in [1.807, 2.05) is 12.1 Å². The average Bonchev–Trinajstić information content (AvgIpc) is 2.42. The van der Waals surface area contributed by atoms with Gasteiger partial charge in [0.1, 0.15) is 0 Å². The maximum Gasteiger partial charge on any atom is 0.328 e. The lowest BCUT2D eigenvalue weighted by molar-refractivity contribution is -0.131. The Labute approximate surface area is 125 Å². The molecule has 0 unspecified atom stereocenters. The molecular weight excluding hydrogens is 264 g/mol. The van der Waals surface area contributed by atoms with Gasteiger partial charge in [-0.25, -0.2) is 4.79 Å². The van der Waals surface area contributed by atoms with E-state index in [1.165, 1.54) is 17.2 Å². The molecule has 0 saturated heterocycles. The number of benzene rings is 1. The minimum Gasteiger partial charge on any atom is -0.478 e. The van der Waals surface area contributed by atoms with E-state index in [0.29, 0.717) is 11.8 Å². The predicted octanol–water partition coefficient (Wildman–Crippen LogP) is 3.52. The number of carboxylic acid groups (broad SMARTS) is 1. The summed E-state index contributed by atoms with van der Waals surface area (Å²) < 4.78 is 0. The molecule has 0 bridgehead atoms. The summed E-state index contributed by atoms with van der Waals surface area (Å²) in [5, 5.41) is 18.2. The van der Waals surface area contributed by atoms with Crippen molar-refractivity contribution in [3.63, 3.8) is 0 Å². The van der Waals surface area contributed by atoms with Crippen LogP contribution in [0.1, 0.15) is 48.4 Å². The smallest absolute Gasteiger partial charge is 0.328 e. The number of allylic oxidation sites excluding steroid dienone is 2. The van der Waals surface area contributed by atoms with Gasteiger partial charge in [0, 0.05) is 6.08 Å². The van der Waals surface area contributed by atoms with Crippen LogP contribution in [-0.4, -0.2) is 16.2 Å². The quantitative estimate of drug-likeness (QED) is 0.657. The Balaban J connectivity index is 2.43. The van der Waals surface area contributed by atoms with Crippen LogP contribution in [-0.2, 0) is 17.8 Å². The van der Waals surface area contributed by atoms with Crippen molar-refractivity contribution in [3.05, 3.63) is 52.6 Å². The monoisotopic (exact) mass is 286 g/mol. The molecule has 2 N–H and O–H groups in total. The maximum absolute atomic E-state index is 10.5. The molecular formula is C18H22O3. The Morgan fingerprint density at radius 1 is 1.33 bits per heavy atom. The molecule has 0 heterocycles. The van der Waals surface area contributed by atoms with Crippen molar-refractivity contribution >= 4 is 12.0 Å². The van der Waals surface area contributed by atoms with Crippen LogP contribution in [0, 0.1) is 5.92 Å². The van der Waals surface area contributed by atoms with Gasteiger partial charge in [-0.1, -0.05) is 44.2 Å². The normalized spacial score (nSPS) is 21.9. The molecule has 0 amide bonds. The SMILES string of the molecule is C[C@@H]1Cc2ccc(CO)c(/C=C/C=C/C(=O)O)c2[C@H](C)C1. The van der Waals surface area contributed by atoms with E-state index in [4.69, 9.17) is 5.11 Å². The van der Waals surface area contributed by atoms with Gasteiger partial charge in [0.25, 0.3) is 0 Å². The van der Waals surface area contributed by atoms with Crippen molar-refractivity contribution in [2.24, 2.45) is 5.92 Å². The van der Waals surface area contributed by atoms with Crippen LogP contribution in [0.4, 0.5) is 0 Å². The molecule has 1 aliphatic rings. The van der Waals surface area contributed by atoms with Gasteiger partial charge in [-0.2, -0.15) is 0 Å². The van der Waals surface area contributed by atoms with E-state index in [0.717, 1.165) is 30.0 Å². The lowest BCUT2D eigenvalue weighted by atomic mass is 9.75. The summed E-state index contributed by atoms with van der Waals surface area (Å²) in [6.07, 6.45) is 8.48. The van der Waals surface area contributed by atoms with E-state index in [2.05, 4.69) is 19.9 Å². The number of rotatable bonds is 4. The van der Waals surface area contributed by atoms with Gasteiger partial charge in [-0.15, -0.1) is 0 Å². The van der Waals surface area contributed by atoms with Crippen molar-refractivity contribution in [1.29, 1.82) is 0 Å². The number of aliphatic hydroxyl groups excluding tert-OH is 1. The lowest BCUT2D eigenvalue weighted by Gasteiger charge is -2.30. The standard InChI is InChI=1S/C18H22O3/c1-12-9-13(2)18-14(10-12)7-8-15(11-19)16(18)5-3-4-6-17(20)21/h3-8,12-13,19H,9-11H2,1-2H3,(H,20,21)/b5-3+,6-4+/t12-,13+/m0/s1. The Bertz CT molecular complexity index is 584. The fourth-order valence-electron chi connectivity index (χ4n) is 3.29. The number of hydrogen-bond acceptors (Lipinski definition) is 2. The molecule has 1 aromatic carbocycles. The van der Waals surface area contributed by atoms with E-state index in [1.54, 1.807) is 6.08 Å². The summed E-state index contributed by atoms with van der Waals surface area (Å²) in [5.74, 6) is 0.175. The molecule has 0 saturated carbocycles. The van der Waals surface area contributed by atoms with Crippen molar-refractivity contribution in [2.75, 3.05) is 0 Å². The van der Waals surface area contributed by atoms with Crippen molar-refractivity contribution in [2.45, 2.75) is 39.2 Å².